The number of carbonyl (C=O) groups is 1. The van der Waals surface area contributed by atoms with Crippen molar-refractivity contribution < 1.29 is 9.18 Å². The summed E-state index contributed by atoms with van der Waals surface area (Å²) in [5.41, 5.74) is 3.84. The highest BCUT2D eigenvalue weighted by molar-refractivity contribution is 7.15. The second-order valence-electron chi connectivity index (χ2n) is 5.95. The van der Waals surface area contributed by atoms with E-state index in [-0.39, 0.29) is 6.54 Å². The lowest BCUT2D eigenvalue weighted by Gasteiger charge is -2.02. The molecule has 0 saturated heterocycles. The van der Waals surface area contributed by atoms with Crippen molar-refractivity contribution in [1.82, 2.24) is 14.8 Å². The first-order valence-corrected chi connectivity index (χ1v) is 9.03. The first-order chi connectivity index (χ1) is 12.5. The van der Waals surface area contributed by atoms with Crippen molar-refractivity contribution in [3.8, 4) is 0 Å². The van der Waals surface area contributed by atoms with Gasteiger partial charge in [-0.2, -0.15) is 5.10 Å². The van der Waals surface area contributed by atoms with Crippen LogP contribution in [0.4, 0.5) is 20.0 Å². The van der Waals surface area contributed by atoms with Crippen LogP contribution in [0.5, 0.6) is 0 Å². The van der Waals surface area contributed by atoms with Gasteiger partial charge in [0.05, 0.1) is 24.1 Å². The predicted molar refractivity (Wildman–Crippen MR) is 102 cm³/mol. The molecule has 0 spiro atoms. The van der Waals surface area contributed by atoms with Crippen molar-refractivity contribution in [1.29, 1.82) is 0 Å². The Labute approximate surface area is 155 Å². The second-order valence-corrected chi connectivity index (χ2v) is 7.04. The number of alkyl halides is 1. The first-order valence-electron chi connectivity index (χ1n) is 8.22. The molecule has 0 aliphatic heterocycles. The minimum Gasteiger partial charge on any atom is -0.305 e. The van der Waals surface area contributed by atoms with Gasteiger partial charge >= 0.3 is 6.03 Å². The van der Waals surface area contributed by atoms with E-state index in [1.165, 1.54) is 33.3 Å². The van der Waals surface area contributed by atoms with Crippen molar-refractivity contribution in [3.63, 3.8) is 0 Å². The molecule has 8 heteroatoms. The molecule has 3 rings (SSSR count). The number of urea groups is 1. The van der Waals surface area contributed by atoms with Gasteiger partial charge < -0.3 is 5.32 Å². The molecule has 0 unspecified atom stereocenters. The van der Waals surface area contributed by atoms with Gasteiger partial charge in [-0.3, -0.25) is 10.00 Å². The number of rotatable bonds is 6. The maximum Gasteiger partial charge on any atom is 0.325 e. The summed E-state index contributed by atoms with van der Waals surface area (Å²) in [4.78, 5) is 17.6. The number of halogens is 1. The van der Waals surface area contributed by atoms with Crippen molar-refractivity contribution in [2.45, 2.75) is 26.8 Å². The molecule has 136 valence electrons. The van der Waals surface area contributed by atoms with E-state index in [1.54, 1.807) is 6.20 Å². The molecule has 0 aliphatic carbocycles. The zero-order chi connectivity index (χ0) is 18.5. The number of carbonyl (C=O) groups excluding carboxylic acids is 1. The second kappa shape index (κ2) is 8.09. The minimum atomic E-state index is -0.505. The van der Waals surface area contributed by atoms with Crippen LogP contribution in [0.15, 0.2) is 36.7 Å². The Morgan fingerprint density at radius 2 is 2.15 bits per heavy atom. The molecule has 2 heterocycles. The maximum absolute atomic E-state index is 12.3. The van der Waals surface area contributed by atoms with Gasteiger partial charge in [0.15, 0.2) is 5.13 Å². The van der Waals surface area contributed by atoms with Crippen LogP contribution in [0, 0.1) is 13.8 Å². The van der Waals surface area contributed by atoms with E-state index in [9.17, 15) is 9.18 Å². The number of aryl methyl sites for hydroxylation is 3. The van der Waals surface area contributed by atoms with Gasteiger partial charge in [-0.1, -0.05) is 29.8 Å². The third-order valence-corrected chi connectivity index (χ3v) is 4.84. The summed E-state index contributed by atoms with van der Waals surface area (Å²) < 4.78 is 13.7. The molecular weight excluding hydrogens is 353 g/mol. The molecule has 2 N–H and O–H groups in total. The normalized spacial score (nSPS) is 10.7. The topological polar surface area (TPSA) is 71.8 Å². The SMILES string of the molecule is Cc1cccc(Cc2sc(NC(=O)Nc3cnn(CCF)c3)nc2C)c1. The quantitative estimate of drug-likeness (QED) is 0.681. The number of nitrogens with one attached hydrogen (secondary N) is 2. The summed E-state index contributed by atoms with van der Waals surface area (Å²) in [6.45, 7) is 3.66. The van der Waals surface area contributed by atoms with E-state index in [2.05, 4.69) is 45.8 Å². The number of amides is 2. The van der Waals surface area contributed by atoms with Gasteiger partial charge in [-0.25, -0.2) is 14.2 Å². The van der Waals surface area contributed by atoms with Crippen LogP contribution in [0.25, 0.3) is 0 Å². The molecule has 1 aromatic carbocycles. The zero-order valence-electron chi connectivity index (χ0n) is 14.6. The number of aromatic nitrogens is 3. The van der Waals surface area contributed by atoms with Crippen LogP contribution in [0.1, 0.15) is 21.7 Å². The lowest BCUT2D eigenvalue weighted by molar-refractivity contribution is 0.262. The molecule has 0 fully saturated rings. The van der Waals surface area contributed by atoms with Crippen molar-refractivity contribution in [2.75, 3.05) is 17.3 Å². The Bertz CT molecular complexity index is 905. The lowest BCUT2D eigenvalue weighted by Crippen LogP contribution is -2.19. The van der Waals surface area contributed by atoms with Crippen molar-refractivity contribution in [2.24, 2.45) is 0 Å². The Kier molecular flexibility index (Phi) is 5.62. The Hall–Kier alpha value is -2.74. The lowest BCUT2D eigenvalue weighted by atomic mass is 10.1. The largest absolute Gasteiger partial charge is 0.325 e. The number of nitrogens with zero attached hydrogens (tertiary/aromatic N) is 3. The summed E-state index contributed by atoms with van der Waals surface area (Å²) in [5.74, 6) is 0. The monoisotopic (exact) mass is 373 g/mol. The van der Waals surface area contributed by atoms with E-state index in [0.29, 0.717) is 10.8 Å². The molecule has 0 atom stereocenters. The Morgan fingerprint density at radius 3 is 2.92 bits per heavy atom. The molecule has 2 amide bonds. The molecule has 6 nitrogen and oxygen atoms in total. The fraction of sp³-hybridized carbons (Fsp3) is 0.278. The summed E-state index contributed by atoms with van der Waals surface area (Å²) in [5, 5.41) is 9.90. The number of thiazole rings is 1. The van der Waals surface area contributed by atoms with Crippen molar-refractivity contribution in [3.05, 3.63) is 58.4 Å². The molecule has 0 aliphatic rings. The zero-order valence-corrected chi connectivity index (χ0v) is 15.4. The van der Waals surface area contributed by atoms with Gasteiger partial charge in [0.2, 0.25) is 0 Å². The third-order valence-electron chi connectivity index (χ3n) is 3.77. The van der Waals surface area contributed by atoms with Crippen LogP contribution in [0.3, 0.4) is 0 Å². The summed E-state index contributed by atoms with van der Waals surface area (Å²) in [7, 11) is 0. The van der Waals surface area contributed by atoms with E-state index in [4.69, 9.17) is 0 Å². The van der Waals surface area contributed by atoms with Gasteiger partial charge in [-0.15, -0.1) is 11.3 Å². The summed E-state index contributed by atoms with van der Waals surface area (Å²) >= 11 is 1.46. The van der Waals surface area contributed by atoms with Gasteiger partial charge in [0, 0.05) is 17.5 Å². The highest BCUT2D eigenvalue weighted by Crippen LogP contribution is 2.25. The fourth-order valence-electron chi connectivity index (χ4n) is 2.55. The molecule has 26 heavy (non-hydrogen) atoms. The fourth-order valence-corrected chi connectivity index (χ4v) is 3.54. The molecule has 3 aromatic rings. The third kappa shape index (κ3) is 4.66. The average molecular weight is 373 g/mol. The van der Waals surface area contributed by atoms with Crippen LogP contribution >= 0.6 is 11.3 Å². The van der Waals surface area contributed by atoms with E-state index in [0.717, 1.165) is 17.0 Å². The molecule has 0 saturated carbocycles. The number of hydrogen-bond acceptors (Lipinski definition) is 4. The van der Waals surface area contributed by atoms with Gasteiger partial charge in [0.25, 0.3) is 0 Å². The predicted octanol–water partition coefficient (Wildman–Crippen LogP) is 4.16. The smallest absolute Gasteiger partial charge is 0.305 e. The van der Waals surface area contributed by atoms with E-state index < -0.39 is 12.7 Å². The standard InChI is InChI=1S/C18H20FN5OS/c1-12-4-3-5-14(8-12)9-16-13(2)21-18(26-16)23-17(25)22-15-10-20-24(11-15)7-6-19/h3-5,8,10-11H,6-7,9H2,1-2H3,(H2,21,22,23,25). The van der Waals surface area contributed by atoms with E-state index >= 15 is 0 Å². The highest BCUT2D eigenvalue weighted by atomic mass is 32.1. The Morgan fingerprint density at radius 1 is 1.31 bits per heavy atom. The number of benzene rings is 1. The maximum atomic E-state index is 12.3. The van der Waals surface area contributed by atoms with Crippen LogP contribution in [-0.4, -0.2) is 27.5 Å². The first kappa shape index (κ1) is 18.1. The van der Waals surface area contributed by atoms with Crippen LogP contribution < -0.4 is 10.6 Å². The summed E-state index contributed by atoms with van der Waals surface area (Å²) in [6.07, 6.45) is 3.84. The van der Waals surface area contributed by atoms with Crippen LogP contribution in [0.2, 0.25) is 0 Å². The molecular formula is C18H20FN5OS. The minimum absolute atomic E-state index is 0.164. The number of hydrogen-bond donors (Lipinski definition) is 2. The Balaban J connectivity index is 1.62. The van der Waals surface area contributed by atoms with E-state index in [1.807, 2.05) is 13.0 Å². The highest BCUT2D eigenvalue weighted by Gasteiger charge is 2.12. The number of anilines is 2. The van der Waals surface area contributed by atoms with Crippen molar-refractivity contribution >= 4 is 28.2 Å². The molecule has 0 bridgehead atoms. The summed E-state index contributed by atoms with van der Waals surface area (Å²) in [6, 6.07) is 7.93. The molecule has 0 radical (unpaired) electrons. The van der Waals surface area contributed by atoms with Crippen LogP contribution in [-0.2, 0) is 13.0 Å². The average Bonchev–Trinajstić information content (AvgIpc) is 3.14. The molecule has 2 aromatic heterocycles. The van der Waals surface area contributed by atoms with Gasteiger partial charge in [0.1, 0.15) is 6.67 Å². The van der Waals surface area contributed by atoms with Gasteiger partial charge in [-0.05, 0) is 19.4 Å².